The third-order valence-corrected chi connectivity index (χ3v) is 5.84. The number of hydrogen-bond acceptors (Lipinski definition) is 4. The van der Waals surface area contributed by atoms with E-state index in [0.717, 1.165) is 5.56 Å². The van der Waals surface area contributed by atoms with Crippen molar-refractivity contribution in [2.75, 3.05) is 6.54 Å². The maximum Gasteiger partial charge on any atom is 0.240 e. The maximum absolute atomic E-state index is 13.1. The molecule has 34 heavy (non-hydrogen) atoms. The van der Waals surface area contributed by atoms with Crippen molar-refractivity contribution in [1.29, 1.82) is 0 Å². The summed E-state index contributed by atoms with van der Waals surface area (Å²) in [5, 5.41) is 4.19. The summed E-state index contributed by atoms with van der Waals surface area (Å²) >= 11 is 11.9. The number of halogens is 2. The monoisotopic (exact) mass is 493 g/mol. The van der Waals surface area contributed by atoms with Crippen molar-refractivity contribution in [2.24, 2.45) is 0 Å². The van der Waals surface area contributed by atoms with Gasteiger partial charge in [-0.15, -0.1) is 0 Å². The van der Waals surface area contributed by atoms with Crippen LogP contribution in [0.2, 0.25) is 10.0 Å². The predicted molar refractivity (Wildman–Crippen MR) is 134 cm³/mol. The molecule has 0 radical (unpaired) electrons. The zero-order valence-electron chi connectivity index (χ0n) is 18.3. The number of amides is 1. The van der Waals surface area contributed by atoms with E-state index < -0.39 is 11.2 Å². The number of carbonyl (C=O) groups is 2. The van der Waals surface area contributed by atoms with Crippen molar-refractivity contribution in [3.8, 4) is 0 Å². The third-order valence-electron chi connectivity index (χ3n) is 5.36. The molecule has 2 aromatic heterocycles. The first-order valence-electron chi connectivity index (χ1n) is 10.6. The van der Waals surface area contributed by atoms with Gasteiger partial charge in [-0.25, -0.2) is 4.98 Å². The van der Waals surface area contributed by atoms with Gasteiger partial charge in [0, 0.05) is 34.0 Å². The second-order valence-corrected chi connectivity index (χ2v) is 8.76. The van der Waals surface area contributed by atoms with Crippen LogP contribution >= 0.6 is 23.2 Å². The minimum Gasteiger partial charge on any atom is -0.354 e. The molecule has 0 fully saturated rings. The van der Waals surface area contributed by atoms with E-state index in [4.69, 9.17) is 23.2 Å². The smallest absolute Gasteiger partial charge is 0.240 e. The summed E-state index contributed by atoms with van der Waals surface area (Å²) in [7, 11) is 0. The number of pyridine rings is 2. The number of nitrogens with one attached hydrogen (secondary N) is 1. The fourth-order valence-corrected chi connectivity index (χ4v) is 3.95. The Balaban J connectivity index is 1.61. The number of aromatic nitrogens is 2. The molecule has 0 unspecified atom stereocenters. The van der Waals surface area contributed by atoms with E-state index in [1.165, 1.54) is 12.3 Å². The Kier molecular flexibility index (Phi) is 7.10. The van der Waals surface area contributed by atoms with Gasteiger partial charge >= 0.3 is 0 Å². The number of fused-ring (bicyclic) bond motifs is 1. The summed E-state index contributed by atoms with van der Waals surface area (Å²) in [6.45, 7) is 2.13. The highest BCUT2D eigenvalue weighted by molar-refractivity contribution is 6.31. The Labute approximate surface area is 206 Å². The fraction of sp³-hybridized carbons (Fsp3) is 0.154. The highest BCUT2D eigenvalue weighted by Crippen LogP contribution is 2.17. The summed E-state index contributed by atoms with van der Waals surface area (Å²) in [6.07, 6.45) is 2.04. The molecule has 8 heteroatoms. The minimum atomic E-state index is -0.466. The summed E-state index contributed by atoms with van der Waals surface area (Å²) in [6, 6.07) is 17.2. The molecule has 4 aromatic rings. The SMILES string of the molecule is Cc1ccc2c(=O)c(C(=O)c3cccc(Cl)c3)cn(CC(=O)NCCc3ccc(Cl)cc3)c2n1. The number of carbonyl (C=O) groups excluding carboxylic acids is 2. The van der Waals surface area contributed by atoms with Crippen molar-refractivity contribution in [2.45, 2.75) is 19.9 Å². The van der Waals surface area contributed by atoms with Crippen LogP contribution in [0.5, 0.6) is 0 Å². The molecule has 1 N–H and O–H groups in total. The van der Waals surface area contributed by atoms with Crippen LogP contribution in [0, 0.1) is 6.92 Å². The molecule has 0 aliphatic carbocycles. The first-order valence-corrected chi connectivity index (χ1v) is 11.4. The van der Waals surface area contributed by atoms with E-state index >= 15 is 0 Å². The number of rotatable bonds is 7. The topological polar surface area (TPSA) is 81.1 Å². The molecule has 0 saturated heterocycles. The zero-order valence-corrected chi connectivity index (χ0v) is 19.9. The van der Waals surface area contributed by atoms with Crippen LogP contribution in [-0.2, 0) is 17.8 Å². The lowest BCUT2D eigenvalue weighted by molar-refractivity contribution is -0.121. The zero-order chi connectivity index (χ0) is 24.2. The summed E-state index contributed by atoms with van der Waals surface area (Å²) < 4.78 is 1.54. The Morgan fingerprint density at radius 2 is 1.76 bits per heavy atom. The van der Waals surface area contributed by atoms with E-state index in [1.807, 2.05) is 12.1 Å². The standard InChI is InChI=1S/C26H21Cl2N3O3/c1-16-5-10-21-25(34)22(24(33)18-3-2-4-20(28)13-18)14-31(26(21)30-16)15-23(32)29-12-11-17-6-8-19(27)9-7-17/h2-10,13-14H,11-12,15H2,1H3,(H,29,32). The molecule has 0 saturated carbocycles. The minimum absolute atomic E-state index is 0.0469. The van der Waals surface area contributed by atoms with E-state index in [-0.39, 0.29) is 23.4 Å². The molecule has 2 heterocycles. The van der Waals surface area contributed by atoms with Crippen molar-refractivity contribution in [3.63, 3.8) is 0 Å². The second-order valence-electron chi connectivity index (χ2n) is 7.89. The lowest BCUT2D eigenvalue weighted by Gasteiger charge is -2.13. The van der Waals surface area contributed by atoms with Gasteiger partial charge in [0.2, 0.25) is 11.3 Å². The number of benzene rings is 2. The predicted octanol–water partition coefficient (Wildman–Crippen LogP) is 4.60. The van der Waals surface area contributed by atoms with Crippen LogP contribution in [0.15, 0.2) is 71.7 Å². The molecule has 1 amide bonds. The van der Waals surface area contributed by atoms with E-state index in [2.05, 4.69) is 10.3 Å². The summed E-state index contributed by atoms with van der Waals surface area (Å²) in [4.78, 5) is 43.4. The summed E-state index contributed by atoms with van der Waals surface area (Å²) in [5.41, 5.74) is 1.90. The van der Waals surface area contributed by atoms with Crippen LogP contribution in [0.4, 0.5) is 0 Å². The van der Waals surface area contributed by atoms with Gasteiger partial charge in [0.1, 0.15) is 12.2 Å². The van der Waals surface area contributed by atoms with E-state index in [0.29, 0.717) is 39.9 Å². The number of hydrogen-bond donors (Lipinski definition) is 1. The van der Waals surface area contributed by atoms with Crippen LogP contribution in [0.3, 0.4) is 0 Å². The van der Waals surface area contributed by atoms with Gasteiger partial charge < -0.3 is 9.88 Å². The van der Waals surface area contributed by atoms with Crippen molar-refractivity contribution >= 4 is 45.9 Å². The molecule has 4 rings (SSSR count). The van der Waals surface area contributed by atoms with Crippen LogP contribution in [0.1, 0.15) is 27.2 Å². The molecular weight excluding hydrogens is 473 g/mol. The quantitative estimate of drug-likeness (QED) is 0.381. The molecule has 0 spiro atoms. The van der Waals surface area contributed by atoms with Gasteiger partial charge in [0.05, 0.1) is 10.9 Å². The number of aryl methyl sites for hydroxylation is 1. The number of ketones is 1. The summed E-state index contributed by atoms with van der Waals surface area (Å²) in [5.74, 6) is -0.727. The average Bonchev–Trinajstić information content (AvgIpc) is 2.81. The Hall–Kier alpha value is -3.48. The highest BCUT2D eigenvalue weighted by Gasteiger charge is 2.19. The van der Waals surface area contributed by atoms with Crippen LogP contribution < -0.4 is 10.7 Å². The molecular formula is C26H21Cl2N3O3. The Bertz CT molecular complexity index is 1450. The fourth-order valence-electron chi connectivity index (χ4n) is 3.64. The van der Waals surface area contributed by atoms with E-state index in [1.54, 1.807) is 54.0 Å². The lowest BCUT2D eigenvalue weighted by Crippen LogP contribution is -2.31. The first-order chi connectivity index (χ1) is 16.3. The first kappa shape index (κ1) is 23.7. The van der Waals surface area contributed by atoms with Crippen LogP contribution in [-0.4, -0.2) is 27.8 Å². The lowest BCUT2D eigenvalue weighted by atomic mass is 10.0. The molecule has 2 aromatic carbocycles. The van der Waals surface area contributed by atoms with Crippen LogP contribution in [0.25, 0.3) is 11.0 Å². The average molecular weight is 494 g/mol. The van der Waals surface area contributed by atoms with Gasteiger partial charge in [0.25, 0.3) is 0 Å². The Morgan fingerprint density at radius 3 is 2.50 bits per heavy atom. The molecule has 0 atom stereocenters. The van der Waals surface area contributed by atoms with Gasteiger partial charge in [-0.3, -0.25) is 14.4 Å². The van der Waals surface area contributed by atoms with Gasteiger partial charge in [-0.05, 0) is 55.3 Å². The van der Waals surface area contributed by atoms with Gasteiger partial charge in [-0.2, -0.15) is 0 Å². The maximum atomic E-state index is 13.1. The highest BCUT2D eigenvalue weighted by atomic mass is 35.5. The molecule has 0 aliphatic heterocycles. The van der Waals surface area contributed by atoms with Gasteiger partial charge in [0.15, 0.2) is 5.78 Å². The Morgan fingerprint density at radius 1 is 1.00 bits per heavy atom. The second kappa shape index (κ2) is 10.2. The largest absolute Gasteiger partial charge is 0.354 e. The number of nitrogens with zero attached hydrogens (tertiary/aromatic N) is 2. The molecule has 0 bridgehead atoms. The molecule has 172 valence electrons. The third kappa shape index (κ3) is 5.35. The van der Waals surface area contributed by atoms with Crippen molar-refractivity contribution < 1.29 is 9.59 Å². The van der Waals surface area contributed by atoms with Gasteiger partial charge in [-0.1, -0.05) is 47.5 Å². The van der Waals surface area contributed by atoms with Crippen molar-refractivity contribution in [1.82, 2.24) is 14.9 Å². The normalized spacial score (nSPS) is 10.9. The molecule has 0 aliphatic rings. The van der Waals surface area contributed by atoms with E-state index in [9.17, 15) is 14.4 Å². The molecule has 6 nitrogen and oxygen atoms in total. The van der Waals surface area contributed by atoms with Crippen molar-refractivity contribution in [3.05, 3.63) is 110 Å².